The highest BCUT2D eigenvalue weighted by molar-refractivity contribution is 6.00. The minimum Gasteiger partial charge on any atom is -0.374 e. The van der Waals surface area contributed by atoms with Crippen molar-refractivity contribution in [2.75, 3.05) is 51.5 Å². The number of para-hydroxylation sites is 3. The van der Waals surface area contributed by atoms with E-state index in [2.05, 4.69) is 47.9 Å². The molecule has 83 heavy (non-hydrogen) atoms. The fourth-order valence-electron chi connectivity index (χ4n) is 9.27. The van der Waals surface area contributed by atoms with E-state index in [9.17, 15) is 28.8 Å². The molecule has 19 heteroatoms. The number of anilines is 6. The molecule has 442 valence electrons. The Labute approximate surface area is 494 Å². The molecule has 6 aromatic carbocycles. The number of hydrogen-bond acceptors (Lipinski definition) is 12. The third kappa shape index (κ3) is 21.5. The van der Waals surface area contributed by atoms with Crippen LogP contribution < -0.4 is 65.1 Å². The lowest BCUT2D eigenvalue weighted by molar-refractivity contribution is -0.127. The molecule has 0 radical (unpaired) electrons. The second-order valence-electron chi connectivity index (χ2n) is 20.5. The molecule has 18 nitrogen and oxygen atoms in total. The molecule has 6 rings (SSSR count). The lowest BCUT2D eigenvalue weighted by atomic mass is 9.85. The summed E-state index contributed by atoms with van der Waals surface area (Å²) in [7, 11) is 0. The van der Waals surface area contributed by atoms with Crippen molar-refractivity contribution in [2.24, 2.45) is 17.2 Å². The van der Waals surface area contributed by atoms with Gasteiger partial charge in [0.1, 0.15) is 36.3 Å². The van der Waals surface area contributed by atoms with Gasteiger partial charge in [0.05, 0.1) is 0 Å². The first-order valence-electron chi connectivity index (χ1n) is 28.4. The van der Waals surface area contributed by atoms with Crippen molar-refractivity contribution >= 4 is 82.0 Å². The zero-order valence-corrected chi connectivity index (χ0v) is 48.5. The first-order chi connectivity index (χ1) is 39.7. The van der Waals surface area contributed by atoms with Crippen LogP contribution in [0.4, 0.5) is 34.1 Å². The number of nitrogens with one attached hydrogen (secondary N) is 9. The molecule has 3 unspecified atom stereocenters. The summed E-state index contributed by atoms with van der Waals surface area (Å²) in [4.78, 5) is 82.0. The van der Waals surface area contributed by atoms with E-state index >= 15 is 0 Å². The topological polar surface area (TPSA) is 289 Å². The molecule has 0 aliphatic rings. The Balaban J connectivity index is 0.0000126. The van der Waals surface area contributed by atoms with Gasteiger partial charge in [0.2, 0.25) is 35.4 Å². The molecule has 0 aliphatic heterocycles. The largest absolute Gasteiger partial charge is 0.374 e. The summed E-state index contributed by atoms with van der Waals surface area (Å²) < 4.78 is 0. The minimum atomic E-state index is -0.820. The molecule has 6 amide bonds. The number of benzene rings is 6. The normalized spacial score (nSPS) is 13.4. The van der Waals surface area contributed by atoms with Gasteiger partial charge in [-0.15, -0.1) is 12.4 Å². The first kappa shape index (κ1) is 65.5. The second kappa shape index (κ2) is 34.9. The summed E-state index contributed by atoms with van der Waals surface area (Å²) in [6, 6.07) is 46.2. The Morgan fingerprint density at radius 1 is 0.325 bits per heavy atom. The molecule has 0 heterocycles. The summed E-state index contributed by atoms with van der Waals surface area (Å²) in [5.41, 5.74) is 23.9. The van der Waals surface area contributed by atoms with Crippen LogP contribution in [0.2, 0.25) is 0 Å². The summed E-state index contributed by atoms with van der Waals surface area (Å²) in [5.74, 6) is -2.44. The van der Waals surface area contributed by atoms with E-state index in [1.165, 1.54) is 0 Å². The summed E-state index contributed by atoms with van der Waals surface area (Å²) in [5, 5.41) is 27.4. The van der Waals surface area contributed by atoms with Crippen molar-refractivity contribution < 1.29 is 28.8 Å². The minimum absolute atomic E-state index is 0. The maximum absolute atomic E-state index is 13.9. The molecule has 0 fully saturated rings. The van der Waals surface area contributed by atoms with Crippen LogP contribution >= 0.6 is 12.4 Å². The summed E-state index contributed by atoms with van der Waals surface area (Å²) in [6.07, 6.45) is 5.16. The molecular formula is C64H83ClN12O6. The fourth-order valence-corrected chi connectivity index (χ4v) is 9.27. The zero-order chi connectivity index (χ0) is 58.6. The third-order valence-corrected chi connectivity index (χ3v) is 13.9. The average Bonchev–Trinajstić information content (AvgIpc) is 3.67. The number of rotatable bonds is 33. The number of hydrogen-bond donors (Lipinski definition) is 12. The van der Waals surface area contributed by atoms with Crippen LogP contribution in [-0.4, -0.2) is 91.3 Å². The van der Waals surface area contributed by atoms with Gasteiger partial charge in [-0.05, 0) is 188 Å². The molecule has 0 bridgehead atoms. The van der Waals surface area contributed by atoms with E-state index in [0.29, 0.717) is 94.5 Å². The van der Waals surface area contributed by atoms with E-state index in [1.54, 1.807) is 20.8 Å². The lowest BCUT2D eigenvalue weighted by Gasteiger charge is -2.23. The van der Waals surface area contributed by atoms with Gasteiger partial charge in [-0.25, -0.2) is 0 Å². The molecule has 0 saturated heterocycles. The van der Waals surface area contributed by atoms with E-state index in [0.717, 1.165) is 33.8 Å². The van der Waals surface area contributed by atoms with Crippen LogP contribution in [0.5, 0.6) is 0 Å². The Bertz CT molecular complexity index is 2610. The highest BCUT2D eigenvalue weighted by Crippen LogP contribution is 2.34. The van der Waals surface area contributed by atoms with Crippen molar-refractivity contribution in [3.8, 4) is 0 Å². The standard InChI is InChI=1S/C64H82N12O6.ClH/c1-43(68-49-19-7-4-8-20-49)59(77)74-55(25-13-16-40-65)62(80)71-52-34-28-46(29-35-52)58(47-30-36-53(37-31-47)72-63(81)56(26-14-17-41-66)75-60(78)44(2)69-50-21-9-5-10-22-50)48-32-38-54(39-33-48)73-64(82)57(27-15-18-42-67)76-61(79)45(3)70-51-23-11-6-12-24-51;/h4-12,19-24,28-39,43-45,55-58,68-70H,13-18,25-27,40-42,65-67H2,1-3H3,(H,71,80)(H,72,81)(H,73,82)(H,74,77)(H,75,78)(H,76,79);1H/t43?,44?,45?,55-,56-,57-,58?;/m0./s1. The zero-order valence-electron chi connectivity index (χ0n) is 47.7. The van der Waals surface area contributed by atoms with Gasteiger partial charge in [0.15, 0.2) is 0 Å². The van der Waals surface area contributed by atoms with E-state index in [4.69, 9.17) is 17.2 Å². The van der Waals surface area contributed by atoms with Crippen molar-refractivity contribution in [3.63, 3.8) is 0 Å². The van der Waals surface area contributed by atoms with Gasteiger partial charge in [0.25, 0.3) is 0 Å². The summed E-state index contributed by atoms with van der Waals surface area (Å²) >= 11 is 0. The van der Waals surface area contributed by atoms with E-state index in [-0.39, 0.29) is 53.8 Å². The van der Waals surface area contributed by atoms with Gasteiger partial charge >= 0.3 is 0 Å². The number of halogens is 1. The average molecular weight is 1150 g/mol. The van der Waals surface area contributed by atoms with E-state index in [1.807, 2.05) is 164 Å². The highest BCUT2D eigenvalue weighted by Gasteiger charge is 2.27. The molecule has 6 atom stereocenters. The maximum atomic E-state index is 13.9. The molecule has 0 aromatic heterocycles. The van der Waals surface area contributed by atoms with Gasteiger partial charge in [-0.2, -0.15) is 0 Å². The molecule has 0 saturated carbocycles. The molecule has 0 aliphatic carbocycles. The number of carbonyl (C=O) groups is 6. The Kier molecular flexibility index (Phi) is 27.5. The number of unbranched alkanes of at least 4 members (excludes halogenated alkanes) is 3. The SMILES string of the molecule is CC(Nc1ccccc1)C(=O)N[C@@H](CCCCN)C(=O)Nc1ccc(C(c2ccc(NC(=O)[C@H](CCCCN)NC(=O)C(C)Nc3ccccc3)cc2)c2ccc(NC(=O)[C@H](CCCCN)NC(=O)C(C)Nc3ccccc3)cc2)cc1.Cl. The van der Waals surface area contributed by atoms with Crippen molar-refractivity contribution in [3.05, 3.63) is 180 Å². The van der Waals surface area contributed by atoms with Crippen molar-refractivity contribution in [1.82, 2.24) is 16.0 Å². The van der Waals surface area contributed by atoms with Crippen LogP contribution in [0.25, 0.3) is 0 Å². The van der Waals surface area contributed by atoms with Crippen molar-refractivity contribution in [1.29, 1.82) is 0 Å². The molecular weight excluding hydrogens is 1070 g/mol. The molecule has 0 spiro atoms. The predicted octanol–water partition coefficient (Wildman–Crippen LogP) is 8.45. The van der Waals surface area contributed by atoms with Gasteiger partial charge in [-0.3, -0.25) is 28.8 Å². The quantitative estimate of drug-likeness (QED) is 0.0137. The van der Waals surface area contributed by atoms with Gasteiger partial charge < -0.3 is 65.1 Å². The van der Waals surface area contributed by atoms with Gasteiger partial charge in [0, 0.05) is 40.0 Å². The Morgan fingerprint density at radius 2 is 0.566 bits per heavy atom. The number of amides is 6. The molecule has 15 N–H and O–H groups in total. The number of nitrogens with two attached hydrogens (primary N) is 3. The Hall–Kier alpha value is -8.29. The van der Waals surface area contributed by atoms with Crippen molar-refractivity contribution in [2.45, 2.75) is 121 Å². The van der Waals surface area contributed by atoms with Crippen LogP contribution in [0, 0.1) is 0 Å². The van der Waals surface area contributed by atoms with Crippen LogP contribution in [0.15, 0.2) is 164 Å². The first-order valence-corrected chi connectivity index (χ1v) is 28.4. The lowest BCUT2D eigenvalue weighted by Crippen LogP contribution is -2.48. The number of carbonyl (C=O) groups excluding carboxylic acids is 6. The van der Waals surface area contributed by atoms with Gasteiger partial charge in [-0.1, -0.05) is 91.0 Å². The maximum Gasteiger partial charge on any atom is 0.246 e. The molecule has 6 aromatic rings. The van der Waals surface area contributed by atoms with Crippen LogP contribution in [0.1, 0.15) is 101 Å². The smallest absolute Gasteiger partial charge is 0.246 e. The summed E-state index contributed by atoms with van der Waals surface area (Å²) in [6.45, 7) is 6.60. The fraction of sp³-hybridized carbons (Fsp3) is 0.344. The monoisotopic (exact) mass is 1150 g/mol. The van der Waals surface area contributed by atoms with Crippen LogP contribution in [-0.2, 0) is 28.8 Å². The second-order valence-corrected chi connectivity index (χ2v) is 20.5. The Morgan fingerprint density at radius 3 is 0.795 bits per heavy atom. The highest BCUT2D eigenvalue weighted by atomic mass is 35.5. The van der Waals surface area contributed by atoms with E-state index < -0.39 is 36.3 Å². The predicted molar refractivity (Wildman–Crippen MR) is 336 cm³/mol. The van der Waals surface area contributed by atoms with Crippen LogP contribution in [0.3, 0.4) is 0 Å². The third-order valence-electron chi connectivity index (χ3n) is 13.9.